The second kappa shape index (κ2) is 5.91. The summed E-state index contributed by atoms with van der Waals surface area (Å²) in [6.07, 6.45) is 1.91. The van der Waals surface area contributed by atoms with Gasteiger partial charge in [-0.3, -0.25) is 0 Å². The van der Waals surface area contributed by atoms with Crippen molar-refractivity contribution in [1.29, 1.82) is 0 Å². The molecule has 2 aromatic rings. The van der Waals surface area contributed by atoms with Crippen molar-refractivity contribution in [3.05, 3.63) is 39.5 Å². The lowest BCUT2D eigenvalue weighted by Crippen LogP contribution is -1.97. The zero-order valence-electron chi connectivity index (χ0n) is 9.87. The Balaban J connectivity index is 2.30. The fourth-order valence-electron chi connectivity index (χ4n) is 1.41. The van der Waals surface area contributed by atoms with E-state index in [1.165, 1.54) is 17.3 Å². The summed E-state index contributed by atoms with van der Waals surface area (Å²) in [4.78, 5) is 8.44. The van der Waals surface area contributed by atoms with Crippen molar-refractivity contribution in [2.45, 2.75) is 12.1 Å². The van der Waals surface area contributed by atoms with Gasteiger partial charge in [0.25, 0.3) is 0 Å². The molecule has 3 nitrogen and oxygen atoms in total. The van der Waals surface area contributed by atoms with Crippen LogP contribution in [-0.4, -0.2) is 16.2 Å². The minimum absolute atomic E-state index is 0.431. The van der Waals surface area contributed by atoms with Gasteiger partial charge in [-0.1, -0.05) is 29.4 Å². The maximum Gasteiger partial charge on any atom is 0.190 e. The average Bonchev–Trinajstić information content (AvgIpc) is 2.32. The Morgan fingerprint density at radius 2 is 2.06 bits per heavy atom. The summed E-state index contributed by atoms with van der Waals surface area (Å²) < 4.78 is 0.989. The standard InChI is InChI=1S/C12H11BrClN3S/c1-7-3-4-9(8(13)5-7)15-11-6-10(14)16-12(17-11)18-2/h3-6H,1-2H3,(H,15,16,17). The molecule has 94 valence electrons. The van der Waals surface area contributed by atoms with E-state index in [1.807, 2.05) is 31.4 Å². The van der Waals surface area contributed by atoms with Gasteiger partial charge < -0.3 is 5.32 Å². The summed E-state index contributed by atoms with van der Waals surface area (Å²) in [6, 6.07) is 7.77. The van der Waals surface area contributed by atoms with Crippen molar-refractivity contribution in [2.75, 3.05) is 11.6 Å². The van der Waals surface area contributed by atoms with E-state index in [2.05, 4.69) is 31.2 Å². The third-order valence-corrected chi connectivity index (χ3v) is 3.64. The highest BCUT2D eigenvalue weighted by Crippen LogP contribution is 2.27. The number of benzene rings is 1. The Bertz CT molecular complexity index is 577. The van der Waals surface area contributed by atoms with Crippen molar-refractivity contribution >= 4 is 50.8 Å². The van der Waals surface area contributed by atoms with Gasteiger partial charge in [-0.15, -0.1) is 0 Å². The predicted octanol–water partition coefficient (Wildman–Crippen LogP) is 4.67. The lowest BCUT2D eigenvalue weighted by molar-refractivity contribution is 0.976. The lowest BCUT2D eigenvalue weighted by atomic mass is 10.2. The number of anilines is 2. The molecule has 0 saturated heterocycles. The molecule has 0 aliphatic heterocycles. The highest BCUT2D eigenvalue weighted by Gasteiger charge is 2.05. The van der Waals surface area contributed by atoms with E-state index in [0.717, 1.165) is 10.2 Å². The van der Waals surface area contributed by atoms with Crippen LogP contribution in [-0.2, 0) is 0 Å². The van der Waals surface area contributed by atoms with Gasteiger partial charge in [0, 0.05) is 10.5 Å². The number of hydrogen-bond donors (Lipinski definition) is 1. The topological polar surface area (TPSA) is 37.8 Å². The fraction of sp³-hybridized carbons (Fsp3) is 0.167. The number of nitrogens with one attached hydrogen (secondary N) is 1. The van der Waals surface area contributed by atoms with Gasteiger partial charge in [-0.25, -0.2) is 9.97 Å². The van der Waals surface area contributed by atoms with E-state index >= 15 is 0 Å². The first-order valence-electron chi connectivity index (χ1n) is 5.20. The third-order valence-electron chi connectivity index (χ3n) is 2.24. The minimum Gasteiger partial charge on any atom is -0.339 e. The summed E-state index contributed by atoms with van der Waals surface area (Å²) in [7, 11) is 0. The zero-order chi connectivity index (χ0) is 13.1. The Hall–Kier alpha value is -0.780. The van der Waals surface area contributed by atoms with Gasteiger partial charge >= 0.3 is 0 Å². The molecule has 6 heteroatoms. The van der Waals surface area contributed by atoms with Crippen molar-refractivity contribution in [2.24, 2.45) is 0 Å². The van der Waals surface area contributed by atoms with Crippen LogP contribution >= 0.6 is 39.3 Å². The highest BCUT2D eigenvalue weighted by atomic mass is 79.9. The fourth-order valence-corrected chi connectivity index (χ4v) is 2.62. The van der Waals surface area contributed by atoms with E-state index in [4.69, 9.17) is 11.6 Å². The Morgan fingerprint density at radius 1 is 1.28 bits per heavy atom. The number of aryl methyl sites for hydroxylation is 1. The Morgan fingerprint density at radius 3 is 2.72 bits per heavy atom. The molecule has 0 bridgehead atoms. The first-order chi connectivity index (χ1) is 8.58. The molecule has 0 fully saturated rings. The smallest absolute Gasteiger partial charge is 0.190 e. The van der Waals surface area contributed by atoms with Crippen molar-refractivity contribution in [3.8, 4) is 0 Å². The summed E-state index contributed by atoms with van der Waals surface area (Å²) in [6.45, 7) is 2.04. The molecule has 0 radical (unpaired) electrons. The van der Waals surface area contributed by atoms with Crippen LogP contribution in [0.5, 0.6) is 0 Å². The van der Waals surface area contributed by atoms with Crippen LogP contribution in [0.1, 0.15) is 5.56 Å². The zero-order valence-corrected chi connectivity index (χ0v) is 13.0. The summed E-state index contributed by atoms with van der Waals surface area (Å²) in [5.41, 5.74) is 2.14. The first-order valence-corrected chi connectivity index (χ1v) is 7.60. The van der Waals surface area contributed by atoms with Crippen LogP contribution in [0.25, 0.3) is 0 Å². The van der Waals surface area contributed by atoms with E-state index in [9.17, 15) is 0 Å². The van der Waals surface area contributed by atoms with Gasteiger partial charge in [0.2, 0.25) is 0 Å². The van der Waals surface area contributed by atoms with Crippen LogP contribution in [0.4, 0.5) is 11.5 Å². The van der Waals surface area contributed by atoms with Crippen LogP contribution in [0.3, 0.4) is 0 Å². The van der Waals surface area contributed by atoms with Gasteiger partial charge in [0.15, 0.2) is 5.16 Å². The molecule has 2 rings (SSSR count). The van der Waals surface area contributed by atoms with Crippen molar-refractivity contribution in [3.63, 3.8) is 0 Å². The molecule has 0 amide bonds. The molecule has 1 heterocycles. The van der Waals surface area contributed by atoms with Crippen LogP contribution in [0, 0.1) is 6.92 Å². The molecule has 1 aromatic heterocycles. The number of hydrogen-bond acceptors (Lipinski definition) is 4. The summed E-state index contributed by atoms with van der Waals surface area (Å²) in [5, 5.41) is 4.30. The average molecular weight is 345 g/mol. The monoisotopic (exact) mass is 343 g/mol. The molecule has 0 saturated carbocycles. The quantitative estimate of drug-likeness (QED) is 0.499. The molecule has 0 aliphatic carbocycles. The highest BCUT2D eigenvalue weighted by molar-refractivity contribution is 9.10. The largest absolute Gasteiger partial charge is 0.339 e. The van der Waals surface area contributed by atoms with Crippen molar-refractivity contribution in [1.82, 2.24) is 9.97 Å². The molecule has 1 aromatic carbocycles. The van der Waals surface area contributed by atoms with E-state index in [0.29, 0.717) is 16.1 Å². The molecular weight excluding hydrogens is 334 g/mol. The number of thioether (sulfide) groups is 1. The third kappa shape index (κ3) is 3.37. The summed E-state index contributed by atoms with van der Waals surface area (Å²) >= 11 is 10.9. The molecule has 0 aliphatic rings. The Labute approximate surface area is 124 Å². The normalized spacial score (nSPS) is 10.4. The number of aromatic nitrogens is 2. The minimum atomic E-state index is 0.431. The lowest BCUT2D eigenvalue weighted by Gasteiger charge is -2.09. The van der Waals surface area contributed by atoms with Gasteiger partial charge in [-0.2, -0.15) is 0 Å². The second-order valence-corrected chi connectivity index (χ2v) is 5.69. The second-order valence-electron chi connectivity index (χ2n) is 3.67. The van der Waals surface area contributed by atoms with Crippen molar-refractivity contribution < 1.29 is 0 Å². The molecular formula is C12H11BrClN3S. The van der Waals surface area contributed by atoms with E-state index < -0.39 is 0 Å². The van der Waals surface area contributed by atoms with E-state index in [1.54, 1.807) is 6.07 Å². The first kappa shape index (κ1) is 13.6. The van der Waals surface area contributed by atoms with Gasteiger partial charge in [0.05, 0.1) is 5.69 Å². The SMILES string of the molecule is CSc1nc(Cl)cc(Nc2ccc(C)cc2Br)n1. The number of nitrogens with zero attached hydrogens (tertiary/aromatic N) is 2. The molecule has 18 heavy (non-hydrogen) atoms. The number of halogens is 2. The molecule has 1 N–H and O–H groups in total. The molecule has 0 atom stereocenters. The van der Waals surface area contributed by atoms with E-state index in [-0.39, 0.29) is 0 Å². The van der Waals surface area contributed by atoms with Crippen LogP contribution < -0.4 is 5.32 Å². The Kier molecular flexibility index (Phi) is 4.48. The predicted molar refractivity (Wildman–Crippen MR) is 81.0 cm³/mol. The van der Waals surface area contributed by atoms with Gasteiger partial charge in [0.1, 0.15) is 11.0 Å². The van der Waals surface area contributed by atoms with Crippen LogP contribution in [0.2, 0.25) is 5.15 Å². The van der Waals surface area contributed by atoms with Gasteiger partial charge in [-0.05, 0) is 46.8 Å². The maximum absolute atomic E-state index is 5.94. The summed E-state index contributed by atoms with van der Waals surface area (Å²) in [5.74, 6) is 0.684. The van der Waals surface area contributed by atoms with Crippen LogP contribution in [0.15, 0.2) is 33.9 Å². The molecule has 0 spiro atoms. The number of rotatable bonds is 3. The molecule has 0 unspecified atom stereocenters. The maximum atomic E-state index is 5.94.